The third-order valence-electron chi connectivity index (χ3n) is 0.943. The summed E-state index contributed by atoms with van der Waals surface area (Å²) in [6.45, 7) is 0. The molecule has 0 amide bonds. The fourth-order valence-corrected chi connectivity index (χ4v) is 3.00. The zero-order chi connectivity index (χ0) is 10.2. The Bertz CT molecular complexity index is 245. The maximum Gasteiger partial charge on any atom is 0.361 e. The highest BCUT2D eigenvalue weighted by Gasteiger charge is 2.45. The van der Waals surface area contributed by atoms with Crippen LogP contribution in [0.1, 0.15) is 0 Å². The lowest BCUT2D eigenvalue weighted by atomic mass is 10.8. The Balaban J connectivity index is 4.68. The lowest BCUT2D eigenvalue weighted by molar-refractivity contribution is 0.184. The van der Waals surface area contributed by atoms with E-state index in [1.165, 1.54) is 9.24 Å². The first-order chi connectivity index (χ1) is 4.96. The first kappa shape index (κ1) is 12.7. The molecule has 0 saturated heterocycles. The van der Waals surface area contributed by atoms with Gasteiger partial charge in [-0.15, -0.1) is 0 Å². The molecule has 2 unspecified atom stereocenters. The SMILES string of the molecule is O=P(O)(O)CC(O)(P)P(=O)(O)O. The van der Waals surface area contributed by atoms with Gasteiger partial charge in [-0.3, -0.25) is 9.13 Å². The summed E-state index contributed by atoms with van der Waals surface area (Å²) in [5.74, 6) is 0. The summed E-state index contributed by atoms with van der Waals surface area (Å²) in [6.07, 6.45) is -1.30. The normalized spacial score (nSPS) is 18.8. The van der Waals surface area contributed by atoms with E-state index in [2.05, 4.69) is 0 Å². The summed E-state index contributed by atoms with van der Waals surface area (Å²) in [6, 6.07) is 0. The molecule has 10 heteroatoms. The van der Waals surface area contributed by atoms with E-state index in [1.807, 2.05) is 0 Å². The average Bonchev–Trinajstić information content (AvgIpc) is 1.52. The molecule has 7 nitrogen and oxygen atoms in total. The van der Waals surface area contributed by atoms with E-state index >= 15 is 0 Å². The van der Waals surface area contributed by atoms with Crippen molar-refractivity contribution in [2.24, 2.45) is 0 Å². The van der Waals surface area contributed by atoms with Crippen molar-refractivity contribution in [1.29, 1.82) is 0 Å². The predicted octanol–water partition coefficient (Wildman–Crippen LogP) is -1.14. The molecule has 12 heavy (non-hydrogen) atoms. The summed E-state index contributed by atoms with van der Waals surface area (Å²) in [4.78, 5) is 33.4. The fraction of sp³-hybridized carbons (Fsp3) is 1.00. The summed E-state index contributed by atoms with van der Waals surface area (Å²) in [5, 5.41) is 6.14. The van der Waals surface area contributed by atoms with E-state index in [1.54, 1.807) is 0 Å². The minimum atomic E-state index is -4.94. The molecule has 0 aromatic rings. The van der Waals surface area contributed by atoms with E-state index in [-0.39, 0.29) is 0 Å². The Morgan fingerprint density at radius 3 is 1.58 bits per heavy atom. The lowest BCUT2D eigenvalue weighted by Crippen LogP contribution is -2.24. The Hall–Kier alpha value is 0.690. The minimum Gasteiger partial charge on any atom is -0.373 e. The van der Waals surface area contributed by atoms with Crippen LogP contribution in [-0.2, 0) is 9.13 Å². The first-order valence-electron chi connectivity index (χ1n) is 2.57. The molecule has 0 heterocycles. The van der Waals surface area contributed by atoms with Crippen LogP contribution in [0.25, 0.3) is 0 Å². The quantitative estimate of drug-likeness (QED) is 0.392. The average molecular weight is 238 g/mol. The van der Waals surface area contributed by atoms with Gasteiger partial charge in [0.2, 0.25) is 0 Å². The third-order valence-corrected chi connectivity index (χ3v) is 4.81. The molecule has 0 fully saturated rings. The van der Waals surface area contributed by atoms with Gasteiger partial charge in [-0.2, -0.15) is 0 Å². The summed E-state index contributed by atoms with van der Waals surface area (Å²) in [5.41, 5.74) is 0. The smallest absolute Gasteiger partial charge is 0.361 e. The molecule has 0 aliphatic heterocycles. The molecule has 0 saturated carbocycles. The van der Waals surface area contributed by atoms with Gasteiger partial charge in [-0.1, -0.05) is 9.24 Å². The number of hydrogen-bond donors (Lipinski definition) is 5. The number of hydrogen-bond acceptors (Lipinski definition) is 3. The van der Waals surface area contributed by atoms with Gasteiger partial charge in [-0.05, 0) is 0 Å². The van der Waals surface area contributed by atoms with Crippen molar-refractivity contribution in [3.8, 4) is 0 Å². The van der Waals surface area contributed by atoms with Gasteiger partial charge < -0.3 is 24.7 Å². The van der Waals surface area contributed by atoms with E-state index in [9.17, 15) is 9.13 Å². The zero-order valence-electron chi connectivity index (χ0n) is 5.73. The van der Waals surface area contributed by atoms with Crippen molar-refractivity contribution in [2.75, 3.05) is 6.16 Å². The highest BCUT2D eigenvalue weighted by Crippen LogP contribution is 2.58. The largest absolute Gasteiger partial charge is 0.373 e. The molecular weight excluding hydrogens is 229 g/mol. The Kier molecular flexibility index (Phi) is 3.64. The van der Waals surface area contributed by atoms with Gasteiger partial charge in [0.15, 0.2) is 5.08 Å². The lowest BCUT2D eigenvalue weighted by Gasteiger charge is -2.23. The molecule has 5 N–H and O–H groups in total. The van der Waals surface area contributed by atoms with Crippen LogP contribution in [0.3, 0.4) is 0 Å². The van der Waals surface area contributed by atoms with Crippen LogP contribution in [-0.4, -0.2) is 35.9 Å². The number of rotatable bonds is 3. The summed E-state index contributed by atoms with van der Waals surface area (Å²) in [7, 11) is -8.26. The minimum absolute atomic E-state index is 1.30. The van der Waals surface area contributed by atoms with E-state index < -0.39 is 26.4 Å². The molecule has 0 bridgehead atoms. The van der Waals surface area contributed by atoms with E-state index in [0.29, 0.717) is 0 Å². The summed E-state index contributed by atoms with van der Waals surface area (Å²) < 4.78 is 20.7. The van der Waals surface area contributed by atoms with Gasteiger partial charge in [0.05, 0.1) is 6.16 Å². The highest BCUT2D eigenvalue weighted by molar-refractivity contribution is 7.64. The predicted molar refractivity (Wildman–Crippen MR) is 43.6 cm³/mol. The standard InChI is InChI=1S/C2H9O7P3/c3-2(10,12(7,8)9)1-11(4,5)6/h3H,1,10H2,(H2,4,5,6)(H2,7,8,9). The van der Waals surface area contributed by atoms with Crippen molar-refractivity contribution in [3.63, 3.8) is 0 Å². The molecule has 0 aliphatic rings. The maximum absolute atomic E-state index is 10.4. The molecule has 2 atom stereocenters. The summed E-state index contributed by atoms with van der Waals surface area (Å²) >= 11 is 0. The van der Waals surface area contributed by atoms with E-state index in [0.717, 1.165) is 0 Å². The van der Waals surface area contributed by atoms with E-state index in [4.69, 9.17) is 24.7 Å². The second-order valence-electron chi connectivity index (χ2n) is 2.25. The van der Waals surface area contributed by atoms with Crippen molar-refractivity contribution >= 4 is 24.4 Å². The molecule has 0 aromatic carbocycles. The van der Waals surface area contributed by atoms with Crippen LogP contribution in [0.4, 0.5) is 0 Å². The first-order valence-corrected chi connectivity index (χ1v) is 6.56. The van der Waals surface area contributed by atoms with Gasteiger partial charge in [0.25, 0.3) is 0 Å². The molecule has 0 radical (unpaired) electrons. The third kappa shape index (κ3) is 4.08. The molecule has 74 valence electrons. The fourth-order valence-electron chi connectivity index (χ4n) is 0.395. The van der Waals surface area contributed by atoms with Crippen molar-refractivity contribution in [1.82, 2.24) is 0 Å². The monoisotopic (exact) mass is 238 g/mol. The van der Waals surface area contributed by atoms with Gasteiger partial charge in [0, 0.05) is 0 Å². The van der Waals surface area contributed by atoms with Gasteiger partial charge >= 0.3 is 15.2 Å². The second kappa shape index (κ2) is 3.45. The Morgan fingerprint density at radius 2 is 1.50 bits per heavy atom. The molecule has 0 rings (SSSR count). The topological polar surface area (TPSA) is 135 Å². The highest BCUT2D eigenvalue weighted by atomic mass is 31.2. The molecule has 0 aliphatic carbocycles. The number of aliphatic hydroxyl groups is 1. The second-order valence-corrected chi connectivity index (χ2v) is 7.19. The maximum atomic E-state index is 10.4. The Labute approximate surface area is 70.3 Å². The van der Waals surface area contributed by atoms with Crippen molar-refractivity contribution in [2.45, 2.75) is 5.08 Å². The van der Waals surface area contributed by atoms with Crippen LogP contribution in [0.5, 0.6) is 0 Å². The van der Waals surface area contributed by atoms with Crippen LogP contribution in [0.15, 0.2) is 0 Å². The van der Waals surface area contributed by atoms with Crippen LogP contribution in [0.2, 0.25) is 0 Å². The van der Waals surface area contributed by atoms with Crippen LogP contribution < -0.4 is 0 Å². The van der Waals surface area contributed by atoms with Crippen LogP contribution in [0, 0.1) is 0 Å². The molecule has 0 aromatic heterocycles. The molecule has 0 spiro atoms. The van der Waals surface area contributed by atoms with Gasteiger partial charge in [-0.25, -0.2) is 0 Å². The zero-order valence-corrected chi connectivity index (χ0v) is 8.68. The Morgan fingerprint density at radius 1 is 1.17 bits per heavy atom. The van der Waals surface area contributed by atoms with Crippen molar-refractivity contribution in [3.05, 3.63) is 0 Å². The van der Waals surface area contributed by atoms with Crippen molar-refractivity contribution < 1.29 is 33.8 Å². The van der Waals surface area contributed by atoms with Gasteiger partial charge in [0.1, 0.15) is 0 Å². The van der Waals surface area contributed by atoms with Crippen LogP contribution >= 0.6 is 24.4 Å². The molecular formula is C2H9O7P3.